The summed E-state index contributed by atoms with van der Waals surface area (Å²) in [6.07, 6.45) is -0.378. The van der Waals surface area contributed by atoms with Crippen LogP contribution in [0, 0.1) is 0 Å². The van der Waals surface area contributed by atoms with Crippen LogP contribution >= 0.6 is 0 Å². The molecule has 0 bridgehead atoms. The van der Waals surface area contributed by atoms with E-state index in [2.05, 4.69) is 10.6 Å². The van der Waals surface area contributed by atoms with Gasteiger partial charge in [-0.15, -0.1) is 0 Å². The predicted octanol–water partition coefficient (Wildman–Crippen LogP) is -0.376. The van der Waals surface area contributed by atoms with E-state index >= 15 is 0 Å². The molecule has 5 nitrogen and oxygen atoms in total. The molecule has 0 saturated carbocycles. The number of rotatable bonds is 4. The number of anilines is 1. The summed E-state index contributed by atoms with van der Waals surface area (Å²) in [5.41, 5.74) is 2.96. The molecule has 1 heterocycles. The highest BCUT2D eigenvalue weighted by Gasteiger charge is 2.17. The maximum Gasteiger partial charge on any atom is 0.224 e. The van der Waals surface area contributed by atoms with Crippen LogP contribution in [-0.2, 0) is 17.8 Å². The minimum Gasteiger partial charge on any atom is -0.394 e. The molecule has 4 N–H and O–H groups in total. The standard InChI is InChI=1S/C12H16N2O3/c15-7-9(16)5-13-11-3-1-2-8-4-12(17)14-6-10(8)11/h1-3,9,13,15-16H,4-7H2,(H,14,17). The third-order valence-electron chi connectivity index (χ3n) is 2.83. The highest BCUT2D eigenvalue weighted by atomic mass is 16.3. The number of benzene rings is 1. The first-order chi connectivity index (χ1) is 8.20. The van der Waals surface area contributed by atoms with Crippen LogP contribution in [0.2, 0.25) is 0 Å². The second-order valence-corrected chi connectivity index (χ2v) is 4.11. The molecule has 0 aromatic heterocycles. The van der Waals surface area contributed by atoms with Crippen molar-refractivity contribution in [3.63, 3.8) is 0 Å². The van der Waals surface area contributed by atoms with Crippen molar-refractivity contribution in [2.45, 2.75) is 19.1 Å². The SMILES string of the molecule is O=C1Cc2cccc(NCC(O)CO)c2CN1. The molecule has 0 spiro atoms. The van der Waals surface area contributed by atoms with E-state index in [4.69, 9.17) is 5.11 Å². The number of carbonyl (C=O) groups excluding carboxylic acids is 1. The highest BCUT2D eigenvalue weighted by molar-refractivity contribution is 5.82. The summed E-state index contributed by atoms with van der Waals surface area (Å²) in [5, 5.41) is 23.9. The molecule has 2 rings (SSSR count). The number of fused-ring (bicyclic) bond motifs is 1. The van der Waals surface area contributed by atoms with Crippen LogP contribution in [-0.4, -0.2) is 35.4 Å². The van der Waals surface area contributed by atoms with E-state index in [-0.39, 0.29) is 12.5 Å². The minimum atomic E-state index is -0.774. The van der Waals surface area contributed by atoms with Gasteiger partial charge in [0.15, 0.2) is 0 Å². The molecule has 1 aliphatic rings. The van der Waals surface area contributed by atoms with Crippen molar-refractivity contribution in [2.24, 2.45) is 0 Å². The molecule has 1 aromatic carbocycles. The smallest absolute Gasteiger partial charge is 0.224 e. The number of aliphatic hydroxyl groups excluding tert-OH is 2. The van der Waals surface area contributed by atoms with E-state index in [0.29, 0.717) is 19.5 Å². The maximum absolute atomic E-state index is 11.2. The lowest BCUT2D eigenvalue weighted by Crippen LogP contribution is -2.31. The molecule has 1 unspecified atom stereocenters. The first kappa shape index (κ1) is 11.9. The number of hydrogen-bond donors (Lipinski definition) is 4. The minimum absolute atomic E-state index is 0.0324. The van der Waals surface area contributed by atoms with E-state index in [9.17, 15) is 9.90 Å². The molecule has 17 heavy (non-hydrogen) atoms. The van der Waals surface area contributed by atoms with Crippen molar-refractivity contribution in [1.82, 2.24) is 5.32 Å². The number of carbonyl (C=O) groups is 1. The largest absolute Gasteiger partial charge is 0.394 e. The van der Waals surface area contributed by atoms with Gasteiger partial charge >= 0.3 is 0 Å². The van der Waals surface area contributed by atoms with Gasteiger partial charge < -0.3 is 20.8 Å². The van der Waals surface area contributed by atoms with Crippen LogP contribution in [0.4, 0.5) is 5.69 Å². The van der Waals surface area contributed by atoms with Crippen LogP contribution in [0.15, 0.2) is 18.2 Å². The normalized spacial score (nSPS) is 16.0. The van der Waals surface area contributed by atoms with E-state index in [1.54, 1.807) is 0 Å². The molecule has 0 radical (unpaired) electrons. The van der Waals surface area contributed by atoms with Gasteiger partial charge in [-0.05, 0) is 17.2 Å². The zero-order chi connectivity index (χ0) is 12.3. The van der Waals surface area contributed by atoms with Crippen molar-refractivity contribution >= 4 is 11.6 Å². The fourth-order valence-corrected chi connectivity index (χ4v) is 1.89. The molecule has 5 heteroatoms. The Balaban J connectivity index is 2.13. The Morgan fingerprint density at radius 3 is 3.06 bits per heavy atom. The average Bonchev–Trinajstić information content (AvgIpc) is 2.35. The quantitative estimate of drug-likeness (QED) is 0.574. The van der Waals surface area contributed by atoms with Crippen LogP contribution in [0.1, 0.15) is 11.1 Å². The Morgan fingerprint density at radius 1 is 1.47 bits per heavy atom. The lowest BCUT2D eigenvalue weighted by atomic mass is 9.99. The third kappa shape index (κ3) is 2.75. The molecule has 0 aliphatic carbocycles. The summed E-state index contributed by atoms with van der Waals surface area (Å²) >= 11 is 0. The van der Waals surface area contributed by atoms with Crippen molar-refractivity contribution in [3.05, 3.63) is 29.3 Å². The van der Waals surface area contributed by atoms with E-state index in [0.717, 1.165) is 16.8 Å². The first-order valence-corrected chi connectivity index (χ1v) is 5.61. The second-order valence-electron chi connectivity index (χ2n) is 4.11. The molecule has 1 aromatic rings. The zero-order valence-corrected chi connectivity index (χ0v) is 9.44. The van der Waals surface area contributed by atoms with Gasteiger partial charge in [-0.2, -0.15) is 0 Å². The van der Waals surface area contributed by atoms with Gasteiger partial charge in [-0.25, -0.2) is 0 Å². The molecule has 1 amide bonds. The van der Waals surface area contributed by atoms with Gasteiger partial charge in [0.2, 0.25) is 5.91 Å². The summed E-state index contributed by atoms with van der Waals surface area (Å²) in [5.74, 6) is 0.0324. The summed E-state index contributed by atoms with van der Waals surface area (Å²) in [6.45, 7) is 0.534. The lowest BCUT2D eigenvalue weighted by Gasteiger charge is -2.21. The van der Waals surface area contributed by atoms with Gasteiger partial charge in [-0.1, -0.05) is 12.1 Å². The summed E-state index contributed by atoms with van der Waals surface area (Å²) in [6, 6.07) is 5.72. The van der Waals surface area contributed by atoms with E-state index < -0.39 is 6.10 Å². The Hall–Kier alpha value is -1.59. The summed E-state index contributed by atoms with van der Waals surface area (Å²) in [7, 11) is 0. The highest BCUT2D eigenvalue weighted by Crippen LogP contribution is 2.23. The lowest BCUT2D eigenvalue weighted by molar-refractivity contribution is -0.121. The van der Waals surface area contributed by atoms with Crippen LogP contribution in [0.25, 0.3) is 0 Å². The third-order valence-corrected chi connectivity index (χ3v) is 2.83. The van der Waals surface area contributed by atoms with Gasteiger partial charge in [0.05, 0.1) is 19.1 Å². The molecule has 0 fully saturated rings. The van der Waals surface area contributed by atoms with Crippen molar-refractivity contribution in [2.75, 3.05) is 18.5 Å². The van der Waals surface area contributed by atoms with Crippen molar-refractivity contribution in [1.29, 1.82) is 0 Å². The van der Waals surface area contributed by atoms with E-state index in [1.165, 1.54) is 0 Å². The topological polar surface area (TPSA) is 81.6 Å². The van der Waals surface area contributed by atoms with Crippen LogP contribution < -0.4 is 10.6 Å². The van der Waals surface area contributed by atoms with Gasteiger partial charge in [0.25, 0.3) is 0 Å². The monoisotopic (exact) mass is 236 g/mol. The van der Waals surface area contributed by atoms with Gasteiger partial charge in [-0.3, -0.25) is 4.79 Å². The maximum atomic E-state index is 11.2. The van der Waals surface area contributed by atoms with Crippen molar-refractivity contribution in [3.8, 4) is 0 Å². The Morgan fingerprint density at radius 2 is 2.29 bits per heavy atom. The Bertz CT molecular complexity index is 420. The summed E-state index contributed by atoms with van der Waals surface area (Å²) in [4.78, 5) is 11.2. The fourth-order valence-electron chi connectivity index (χ4n) is 1.89. The molecule has 1 atom stereocenters. The molecule has 92 valence electrons. The average molecular weight is 236 g/mol. The van der Waals surface area contributed by atoms with E-state index in [1.807, 2.05) is 18.2 Å². The number of hydrogen-bond acceptors (Lipinski definition) is 4. The Labute approximate surface area is 99.5 Å². The first-order valence-electron chi connectivity index (χ1n) is 5.61. The molecule has 0 saturated heterocycles. The molecular weight excluding hydrogens is 220 g/mol. The number of nitrogens with one attached hydrogen (secondary N) is 2. The number of aliphatic hydroxyl groups is 2. The fraction of sp³-hybridized carbons (Fsp3) is 0.417. The molecular formula is C12H16N2O3. The predicted molar refractivity (Wildman–Crippen MR) is 63.6 cm³/mol. The van der Waals surface area contributed by atoms with Crippen LogP contribution in [0.3, 0.4) is 0 Å². The van der Waals surface area contributed by atoms with Crippen LogP contribution in [0.5, 0.6) is 0 Å². The Kier molecular flexibility index (Phi) is 3.61. The zero-order valence-electron chi connectivity index (χ0n) is 9.44. The van der Waals surface area contributed by atoms with Crippen molar-refractivity contribution < 1.29 is 15.0 Å². The van der Waals surface area contributed by atoms with Gasteiger partial charge in [0.1, 0.15) is 0 Å². The summed E-state index contributed by atoms with van der Waals surface area (Å²) < 4.78 is 0. The number of amides is 1. The molecule has 1 aliphatic heterocycles. The second kappa shape index (κ2) is 5.16. The van der Waals surface area contributed by atoms with Gasteiger partial charge in [0, 0.05) is 18.8 Å².